The second-order valence-corrected chi connectivity index (χ2v) is 8.67. The molecule has 1 saturated heterocycles. The molecule has 2 aliphatic heterocycles. The first-order chi connectivity index (χ1) is 13.2. The fourth-order valence-corrected chi connectivity index (χ4v) is 5.74. The molecule has 1 aromatic carbocycles. The van der Waals surface area contributed by atoms with E-state index in [1.807, 2.05) is 22.8 Å². The summed E-state index contributed by atoms with van der Waals surface area (Å²) in [5.74, 6) is 6.55. The maximum Gasteiger partial charge on any atom is 0.308 e. The van der Waals surface area contributed by atoms with Crippen LogP contribution in [0.2, 0.25) is 0 Å². The van der Waals surface area contributed by atoms with Gasteiger partial charge in [0.15, 0.2) is 0 Å². The number of thiazole rings is 1. The van der Waals surface area contributed by atoms with Gasteiger partial charge in [0.25, 0.3) is 0 Å². The van der Waals surface area contributed by atoms with Gasteiger partial charge in [0.2, 0.25) is 0 Å². The Morgan fingerprint density at radius 3 is 3.04 bits per heavy atom. The standard InChI is InChI=1S/C23H28N2OS/c1-2-3-4-7-14-23-15-8-10-19(13-16-23)25(23)18-9-17-24-20-11-5-6-12-21(20)27-22(24)26/h5-6,8,11-12,15,19H,2,7,9-10,13-14,16-18H2,1H3. The minimum atomic E-state index is 0.169. The Balaban J connectivity index is 1.44. The molecule has 1 fully saturated rings. The number of aromatic nitrogens is 1. The van der Waals surface area contributed by atoms with E-state index in [9.17, 15) is 4.79 Å². The van der Waals surface area contributed by atoms with Crippen molar-refractivity contribution in [3.63, 3.8) is 0 Å². The summed E-state index contributed by atoms with van der Waals surface area (Å²) in [5, 5.41) is 0. The fraction of sp³-hybridized carbons (Fsp3) is 0.522. The molecule has 4 rings (SSSR count). The third-order valence-electron chi connectivity index (χ3n) is 6.10. The van der Waals surface area contributed by atoms with Crippen molar-refractivity contribution in [2.24, 2.45) is 0 Å². The number of hydrogen-bond acceptors (Lipinski definition) is 3. The third-order valence-corrected chi connectivity index (χ3v) is 7.06. The van der Waals surface area contributed by atoms with Crippen LogP contribution in [0.3, 0.4) is 0 Å². The van der Waals surface area contributed by atoms with Gasteiger partial charge in [-0.1, -0.05) is 42.5 Å². The summed E-state index contributed by atoms with van der Waals surface area (Å²) in [7, 11) is 0. The van der Waals surface area contributed by atoms with Crippen molar-refractivity contribution in [2.45, 2.75) is 70.0 Å². The fourth-order valence-electron chi connectivity index (χ4n) is 4.82. The van der Waals surface area contributed by atoms with Gasteiger partial charge < -0.3 is 0 Å². The minimum absolute atomic E-state index is 0.169. The Morgan fingerprint density at radius 1 is 1.26 bits per heavy atom. The molecule has 2 aliphatic rings. The Hall–Kier alpha value is -1.83. The lowest BCUT2D eigenvalue weighted by Gasteiger charge is -2.41. The average Bonchev–Trinajstić information content (AvgIpc) is 3.08. The van der Waals surface area contributed by atoms with Gasteiger partial charge in [-0.3, -0.25) is 14.3 Å². The highest BCUT2D eigenvalue weighted by Crippen LogP contribution is 2.43. The third kappa shape index (κ3) is 3.63. The summed E-state index contributed by atoms with van der Waals surface area (Å²) < 4.78 is 3.05. The van der Waals surface area contributed by atoms with E-state index >= 15 is 0 Å². The molecular weight excluding hydrogens is 352 g/mol. The van der Waals surface area contributed by atoms with Crippen LogP contribution in [-0.4, -0.2) is 27.6 Å². The highest BCUT2D eigenvalue weighted by molar-refractivity contribution is 7.16. The molecule has 0 amide bonds. The molecule has 142 valence electrons. The maximum absolute atomic E-state index is 12.4. The quantitative estimate of drug-likeness (QED) is 0.531. The van der Waals surface area contributed by atoms with Crippen LogP contribution in [-0.2, 0) is 6.54 Å². The van der Waals surface area contributed by atoms with Crippen LogP contribution >= 0.6 is 11.3 Å². The maximum atomic E-state index is 12.4. The molecule has 4 heteroatoms. The smallest absolute Gasteiger partial charge is 0.299 e. The van der Waals surface area contributed by atoms with E-state index < -0.39 is 0 Å². The van der Waals surface area contributed by atoms with E-state index in [2.05, 4.69) is 41.9 Å². The van der Waals surface area contributed by atoms with Crippen molar-refractivity contribution in [2.75, 3.05) is 6.54 Å². The number of rotatable bonds is 6. The molecular formula is C23H28N2OS. The Labute approximate surface area is 165 Å². The molecule has 27 heavy (non-hydrogen) atoms. The summed E-state index contributed by atoms with van der Waals surface area (Å²) in [6.07, 6.45) is 12.6. The zero-order valence-corrected chi connectivity index (χ0v) is 16.9. The van der Waals surface area contributed by atoms with Crippen molar-refractivity contribution in [1.82, 2.24) is 9.47 Å². The van der Waals surface area contributed by atoms with Crippen molar-refractivity contribution >= 4 is 21.6 Å². The molecule has 0 aliphatic carbocycles. The molecule has 2 atom stereocenters. The molecule has 0 N–H and O–H groups in total. The van der Waals surface area contributed by atoms with Crippen LogP contribution in [0.4, 0.5) is 0 Å². The predicted molar refractivity (Wildman–Crippen MR) is 114 cm³/mol. The van der Waals surface area contributed by atoms with E-state index in [0.29, 0.717) is 6.04 Å². The lowest BCUT2D eigenvalue weighted by atomic mass is 9.88. The SMILES string of the molecule is CCC#CCCC12C=CCC(CC1)N2CCCn1c(=O)sc2ccccc21. The topological polar surface area (TPSA) is 25.2 Å². The zero-order chi connectivity index (χ0) is 18.7. The second-order valence-electron chi connectivity index (χ2n) is 7.68. The lowest BCUT2D eigenvalue weighted by molar-refractivity contribution is 0.118. The van der Waals surface area contributed by atoms with Crippen LogP contribution in [0.1, 0.15) is 51.9 Å². The molecule has 2 unspecified atom stereocenters. The highest BCUT2D eigenvalue weighted by Gasteiger charge is 2.45. The molecule has 0 saturated carbocycles. The Morgan fingerprint density at radius 2 is 2.15 bits per heavy atom. The van der Waals surface area contributed by atoms with Gasteiger partial charge in [-0.05, 0) is 44.2 Å². The van der Waals surface area contributed by atoms with Crippen molar-refractivity contribution in [3.8, 4) is 11.8 Å². The van der Waals surface area contributed by atoms with Crippen LogP contribution < -0.4 is 4.87 Å². The molecule has 0 radical (unpaired) electrons. The van der Waals surface area contributed by atoms with E-state index in [0.717, 1.165) is 49.0 Å². The Bertz CT molecular complexity index is 944. The number of aryl methyl sites for hydroxylation is 1. The lowest BCUT2D eigenvalue weighted by Crippen LogP contribution is -2.48. The first-order valence-corrected chi connectivity index (χ1v) is 11.0. The minimum Gasteiger partial charge on any atom is -0.299 e. The summed E-state index contributed by atoms with van der Waals surface area (Å²) in [6, 6.07) is 8.80. The largest absolute Gasteiger partial charge is 0.308 e. The van der Waals surface area contributed by atoms with Crippen molar-refractivity contribution in [3.05, 3.63) is 46.1 Å². The van der Waals surface area contributed by atoms with Gasteiger partial charge in [-0.15, -0.1) is 11.8 Å². The van der Waals surface area contributed by atoms with E-state index in [1.165, 1.54) is 30.6 Å². The van der Waals surface area contributed by atoms with Gasteiger partial charge in [-0.2, -0.15) is 0 Å². The van der Waals surface area contributed by atoms with E-state index in [4.69, 9.17) is 0 Å². The first kappa shape index (κ1) is 18.5. The zero-order valence-electron chi connectivity index (χ0n) is 16.1. The summed E-state index contributed by atoms with van der Waals surface area (Å²) in [5.41, 5.74) is 1.28. The average molecular weight is 381 g/mol. The van der Waals surface area contributed by atoms with Crippen molar-refractivity contribution in [1.29, 1.82) is 0 Å². The van der Waals surface area contributed by atoms with Gasteiger partial charge in [0, 0.05) is 37.5 Å². The van der Waals surface area contributed by atoms with Crippen LogP contribution in [0, 0.1) is 11.8 Å². The Kier molecular flexibility index (Phi) is 5.52. The highest BCUT2D eigenvalue weighted by atomic mass is 32.1. The summed E-state index contributed by atoms with van der Waals surface area (Å²) in [4.78, 5) is 15.3. The van der Waals surface area contributed by atoms with Gasteiger partial charge in [-0.25, -0.2) is 0 Å². The van der Waals surface area contributed by atoms with Crippen molar-refractivity contribution < 1.29 is 0 Å². The van der Waals surface area contributed by atoms with E-state index in [1.54, 1.807) is 0 Å². The molecule has 3 heterocycles. The molecule has 2 aromatic rings. The monoisotopic (exact) mass is 380 g/mol. The molecule has 2 bridgehead atoms. The molecule has 0 spiro atoms. The van der Waals surface area contributed by atoms with Crippen LogP contribution in [0.25, 0.3) is 10.2 Å². The molecule has 1 aromatic heterocycles. The number of benzene rings is 1. The van der Waals surface area contributed by atoms with Gasteiger partial charge in [0.05, 0.1) is 10.2 Å². The van der Waals surface area contributed by atoms with Crippen LogP contribution in [0.5, 0.6) is 0 Å². The predicted octanol–water partition coefficient (Wildman–Crippen LogP) is 4.81. The second kappa shape index (κ2) is 8.04. The number of fused-ring (bicyclic) bond motifs is 3. The van der Waals surface area contributed by atoms with Gasteiger partial charge >= 0.3 is 4.87 Å². The summed E-state index contributed by atoms with van der Waals surface area (Å²) >= 11 is 1.36. The molecule has 3 nitrogen and oxygen atoms in total. The van der Waals surface area contributed by atoms with E-state index in [-0.39, 0.29) is 10.4 Å². The first-order valence-electron chi connectivity index (χ1n) is 10.2. The van der Waals surface area contributed by atoms with Gasteiger partial charge in [0.1, 0.15) is 0 Å². The number of para-hydroxylation sites is 1. The van der Waals surface area contributed by atoms with Crippen LogP contribution in [0.15, 0.2) is 41.2 Å². The summed E-state index contributed by atoms with van der Waals surface area (Å²) in [6.45, 7) is 3.98. The number of nitrogens with zero attached hydrogens (tertiary/aromatic N) is 2. The normalized spacial score (nSPS) is 24.3. The number of hydrogen-bond donors (Lipinski definition) is 0.